The Morgan fingerprint density at radius 2 is 1.79 bits per heavy atom. The predicted octanol–water partition coefficient (Wildman–Crippen LogP) is 2.90. The van der Waals surface area contributed by atoms with E-state index in [-0.39, 0.29) is 18.3 Å². The molecule has 0 fully saturated rings. The monoisotopic (exact) mass is 502 g/mol. The van der Waals surface area contributed by atoms with Gasteiger partial charge in [-0.1, -0.05) is 35.5 Å². The molecular weight excluding hydrogens is 480 g/mol. The van der Waals surface area contributed by atoms with Crippen molar-refractivity contribution in [2.75, 3.05) is 17.7 Å². The Bertz CT molecular complexity index is 1170. The lowest BCUT2D eigenvalue weighted by Crippen LogP contribution is -2.44. The van der Waals surface area contributed by atoms with Crippen LogP contribution in [-0.2, 0) is 20.9 Å². The first-order valence-electron chi connectivity index (χ1n) is 10.3. The van der Waals surface area contributed by atoms with E-state index in [1.807, 2.05) is 23.6 Å². The number of benzene rings is 2. The molecular formula is C22H23ClN6O4S. The number of hydrogen-bond donors (Lipinski definition) is 3. The van der Waals surface area contributed by atoms with Gasteiger partial charge in [-0.05, 0) is 43.3 Å². The van der Waals surface area contributed by atoms with Crippen molar-refractivity contribution in [1.29, 1.82) is 0 Å². The molecule has 0 radical (unpaired) electrons. The third-order valence-electron chi connectivity index (χ3n) is 4.33. The van der Waals surface area contributed by atoms with E-state index in [4.69, 9.17) is 16.3 Å². The highest BCUT2D eigenvalue weighted by Gasteiger charge is 2.15. The maximum atomic E-state index is 12.2. The van der Waals surface area contributed by atoms with Gasteiger partial charge in [-0.25, -0.2) is 0 Å². The molecule has 3 aromatic rings. The lowest BCUT2D eigenvalue weighted by molar-refractivity contribution is -0.128. The van der Waals surface area contributed by atoms with Gasteiger partial charge in [0.15, 0.2) is 17.6 Å². The maximum absolute atomic E-state index is 12.2. The molecule has 10 nitrogen and oxygen atoms in total. The van der Waals surface area contributed by atoms with Gasteiger partial charge in [-0.15, -0.1) is 10.2 Å². The van der Waals surface area contributed by atoms with Crippen LogP contribution in [-0.4, -0.2) is 44.8 Å². The Morgan fingerprint density at radius 1 is 1.06 bits per heavy atom. The van der Waals surface area contributed by atoms with Gasteiger partial charge >= 0.3 is 0 Å². The van der Waals surface area contributed by atoms with E-state index in [1.165, 1.54) is 18.7 Å². The first-order valence-corrected chi connectivity index (χ1v) is 11.6. The summed E-state index contributed by atoms with van der Waals surface area (Å²) >= 11 is 6.98. The Labute approximate surface area is 205 Å². The highest BCUT2D eigenvalue weighted by molar-refractivity contribution is 7.99. The molecule has 0 aliphatic heterocycles. The zero-order valence-corrected chi connectivity index (χ0v) is 20.1. The molecule has 178 valence electrons. The fourth-order valence-electron chi connectivity index (χ4n) is 2.85. The SMILES string of the molecule is CCn1c(SCC(=O)NNC(=O)COc2ccc(Cl)cc2)nnc1-c1cccc(NC(C)=O)c1. The molecule has 0 bridgehead atoms. The van der Waals surface area contributed by atoms with Crippen LogP contribution in [0.5, 0.6) is 5.75 Å². The van der Waals surface area contributed by atoms with E-state index in [0.29, 0.717) is 34.0 Å². The van der Waals surface area contributed by atoms with Gasteiger partial charge in [0.2, 0.25) is 11.8 Å². The summed E-state index contributed by atoms with van der Waals surface area (Å²) in [5, 5.41) is 12.3. The predicted molar refractivity (Wildman–Crippen MR) is 129 cm³/mol. The lowest BCUT2D eigenvalue weighted by Gasteiger charge is -2.10. The minimum absolute atomic E-state index is 0.0163. The van der Waals surface area contributed by atoms with Crippen LogP contribution in [0.1, 0.15) is 13.8 Å². The fraction of sp³-hybridized carbons (Fsp3) is 0.227. The molecule has 0 spiro atoms. The largest absolute Gasteiger partial charge is 0.484 e. The normalized spacial score (nSPS) is 10.4. The van der Waals surface area contributed by atoms with Gasteiger partial charge in [0.25, 0.3) is 5.91 Å². The molecule has 12 heteroatoms. The van der Waals surface area contributed by atoms with Crippen molar-refractivity contribution >= 4 is 46.8 Å². The number of halogens is 1. The second-order valence-electron chi connectivity index (χ2n) is 6.94. The summed E-state index contributed by atoms with van der Waals surface area (Å²) in [5.74, 6) is 0.0302. The summed E-state index contributed by atoms with van der Waals surface area (Å²) in [5.41, 5.74) is 6.08. The van der Waals surface area contributed by atoms with Crippen LogP contribution < -0.4 is 20.9 Å². The van der Waals surface area contributed by atoms with Crippen LogP contribution in [0.25, 0.3) is 11.4 Å². The number of carbonyl (C=O) groups is 3. The second kappa shape index (κ2) is 12.1. The first-order chi connectivity index (χ1) is 16.4. The number of hydrazine groups is 1. The van der Waals surface area contributed by atoms with Crippen LogP contribution >= 0.6 is 23.4 Å². The first kappa shape index (κ1) is 25.1. The molecule has 3 amide bonds. The summed E-state index contributed by atoms with van der Waals surface area (Å²) in [6, 6.07) is 13.8. The Balaban J connectivity index is 1.51. The number of nitrogens with zero attached hydrogens (tertiary/aromatic N) is 3. The zero-order valence-electron chi connectivity index (χ0n) is 18.5. The number of ether oxygens (including phenoxy) is 1. The summed E-state index contributed by atoms with van der Waals surface area (Å²) < 4.78 is 7.18. The number of carbonyl (C=O) groups excluding carboxylic acids is 3. The minimum atomic E-state index is -0.508. The van der Waals surface area contributed by atoms with Gasteiger partial charge in [0.1, 0.15) is 5.75 Å². The van der Waals surface area contributed by atoms with Crippen molar-refractivity contribution in [2.45, 2.75) is 25.5 Å². The lowest BCUT2D eigenvalue weighted by atomic mass is 10.2. The van der Waals surface area contributed by atoms with Gasteiger partial charge < -0.3 is 14.6 Å². The molecule has 3 N–H and O–H groups in total. The third-order valence-corrected chi connectivity index (χ3v) is 5.55. The van der Waals surface area contributed by atoms with Crippen molar-refractivity contribution in [1.82, 2.24) is 25.6 Å². The van der Waals surface area contributed by atoms with Gasteiger partial charge in [-0.2, -0.15) is 0 Å². The average Bonchev–Trinajstić information content (AvgIpc) is 3.23. The molecule has 3 rings (SSSR count). The number of hydrogen-bond acceptors (Lipinski definition) is 7. The molecule has 34 heavy (non-hydrogen) atoms. The van der Waals surface area contributed by atoms with E-state index in [2.05, 4.69) is 26.4 Å². The van der Waals surface area contributed by atoms with Crippen molar-refractivity contribution in [2.24, 2.45) is 0 Å². The zero-order chi connectivity index (χ0) is 24.5. The third kappa shape index (κ3) is 7.22. The van der Waals surface area contributed by atoms with E-state index in [0.717, 1.165) is 5.56 Å². The maximum Gasteiger partial charge on any atom is 0.276 e. The molecule has 0 aliphatic carbocycles. The van der Waals surface area contributed by atoms with Crippen LogP contribution in [0.15, 0.2) is 53.7 Å². The van der Waals surface area contributed by atoms with Crippen LogP contribution in [0.4, 0.5) is 5.69 Å². The fourth-order valence-corrected chi connectivity index (χ4v) is 3.78. The van der Waals surface area contributed by atoms with E-state index in [9.17, 15) is 14.4 Å². The molecule has 0 saturated carbocycles. The summed E-state index contributed by atoms with van der Waals surface area (Å²) in [7, 11) is 0. The molecule has 1 heterocycles. The summed E-state index contributed by atoms with van der Waals surface area (Å²) in [6.07, 6.45) is 0. The van der Waals surface area contributed by atoms with Crippen molar-refractivity contribution < 1.29 is 19.1 Å². The number of aromatic nitrogens is 3. The van der Waals surface area contributed by atoms with Gasteiger partial charge in [0.05, 0.1) is 5.75 Å². The van der Waals surface area contributed by atoms with E-state index < -0.39 is 11.8 Å². The average molecular weight is 503 g/mol. The van der Waals surface area contributed by atoms with Gasteiger partial charge in [-0.3, -0.25) is 25.2 Å². The number of thioether (sulfide) groups is 1. The Kier molecular flexibility index (Phi) is 8.88. The highest BCUT2D eigenvalue weighted by atomic mass is 35.5. The van der Waals surface area contributed by atoms with Crippen molar-refractivity contribution in [3.63, 3.8) is 0 Å². The standard InChI is InChI=1S/C22H23ClN6O4S/c1-3-29-21(15-5-4-6-17(11-15)24-14(2)30)27-28-22(29)34-13-20(32)26-25-19(31)12-33-18-9-7-16(23)8-10-18/h4-11H,3,12-13H2,1-2H3,(H,24,30)(H,25,31)(H,26,32). The smallest absolute Gasteiger partial charge is 0.276 e. The number of amides is 3. The number of nitrogens with one attached hydrogen (secondary N) is 3. The van der Waals surface area contributed by atoms with E-state index >= 15 is 0 Å². The summed E-state index contributed by atoms with van der Waals surface area (Å²) in [6.45, 7) is 3.70. The number of anilines is 1. The van der Waals surface area contributed by atoms with Gasteiger partial charge in [0, 0.05) is 29.7 Å². The molecule has 0 atom stereocenters. The van der Waals surface area contributed by atoms with Crippen LogP contribution in [0.2, 0.25) is 5.02 Å². The summed E-state index contributed by atoms with van der Waals surface area (Å²) in [4.78, 5) is 35.4. The Hall–Kier alpha value is -3.57. The topological polar surface area (TPSA) is 127 Å². The van der Waals surface area contributed by atoms with Crippen LogP contribution in [0.3, 0.4) is 0 Å². The Morgan fingerprint density at radius 3 is 2.50 bits per heavy atom. The van der Waals surface area contributed by atoms with Crippen molar-refractivity contribution in [3.05, 3.63) is 53.6 Å². The quantitative estimate of drug-likeness (QED) is 0.303. The molecule has 0 saturated heterocycles. The second-order valence-corrected chi connectivity index (χ2v) is 8.32. The van der Waals surface area contributed by atoms with Crippen LogP contribution in [0, 0.1) is 0 Å². The molecule has 0 aliphatic rings. The molecule has 2 aromatic carbocycles. The molecule has 0 unspecified atom stereocenters. The van der Waals surface area contributed by atoms with E-state index in [1.54, 1.807) is 36.4 Å². The minimum Gasteiger partial charge on any atom is -0.484 e. The number of rotatable bonds is 9. The van der Waals surface area contributed by atoms with Crippen molar-refractivity contribution in [3.8, 4) is 17.1 Å². The molecule has 1 aromatic heterocycles. The highest BCUT2D eigenvalue weighted by Crippen LogP contribution is 2.25.